The number of hydrogen-bond donors (Lipinski definition) is 2. The summed E-state index contributed by atoms with van der Waals surface area (Å²) in [7, 11) is 0. The van der Waals surface area contributed by atoms with E-state index in [0.29, 0.717) is 6.42 Å². The number of carbonyl (C=O) groups excluding carboxylic acids is 2. The van der Waals surface area contributed by atoms with Crippen molar-refractivity contribution >= 4 is 11.9 Å². The fourth-order valence-electron chi connectivity index (χ4n) is 2.04. The second kappa shape index (κ2) is 4.88. The van der Waals surface area contributed by atoms with Crippen LogP contribution in [0.5, 0.6) is 0 Å². The third-order valence-corrected chi connectivity index (χ3v) is 3.17. The molecule has 6 nitrogen and oxygen atoms in total. The molecule has 0 amide bonds. The Hall–Kier alpha value is -1.92. The minimum Gasteiger partial charge on any atom is -0.413 e. The first kappa shape index (κ1) is 14.5. The van der Waals surface area contributed by atoms with Gasteiger partial charge in [0.25, 0.3) is 0 Å². The Morgan fingerprint density at radius 1 is 1.05 bits per heavy atom. The molecule has 2 aliphatic heterocycles. The third kappa shape index (κ3) is 2.39. The van der Waals surface area contributed by atoms with E-state index in [9.17, 15) is 19.8 Å². The first-order chi connectivity index (χ1) is 9.29. The minimum absolute atomic E-state index is 0.0332. The van der Waals surface area contributed by atoms with Crippen LogP contribution in [0.4, 0.5) is 0 Å². The molecule has 1 aromatic rings. The Balaban J connectivity index is 2.53. The van der Waals surface area contributed by atoms with Gasteiger partial charge in [-0.1, -0.05) is 6.92 Å². The maximum Gasteiger partial charge on any atom is 0.341 e. The zero-order chi connectivity index (χ0) is 15.0. The summed E-state index contributed by atoms with van der Waals surface area (Å²) in [6, 6.07) is 5.69. The van der Waals surface area contributed by atoms with Crippen LogP contribution < -0.4 is 0 Å². The quantitative estimate of drug-likeness (QED) is 0.638. The van der Waals surface area contributed by atoms with Gasteiger partial charge in [-0.15, -0.1) is 0 Å². The van der Waals surface area contributed by atoms with Gasteiger partial charge >= 0.3 is 17.7 Å². The number of benzene rings is 1. The molecule has 2 aliphatic rings. The Morgan fingerprint density at radius 3 is 1.75 bits per heavy atom. The molecule has 6 heteroatoms. The molecule has 1 aromatic carbocycles. The van der Waals surface area contributed by atoms with Gasteiger partial charge in [0.15, 0.2) is 0 Å². The minimum atomic E-state index is -2.51. The van der Waals surface area contributed by atoms with E-state index in [1.54, 1.807) is 6.92 Å². The van der Waals surface area contributed by atoms with E-state index in [0.717, 1.165) is 6.92 Å². The SMILES string of the molecule is CCCC1(C(C)(O)O)OC(=O)c2ccc(cc2)C(=O)O1. The first-order valence-corrected chi connectivity index (χ1v) is 6.30. The van der Waals surface area contributed by atoms with Crippen molar-refractivity contribution in [3.63, 3.8) is 0 Å². The number of fused-ring (bicyclic) bond motifs is 6. The van der Waals surface area contributed by atoms with Crippen molar-refractivity contribution in [2.45, 2.75) is 38.3 Å². The normalized spacial score (nSPS) is 17.8. The van der Waals surface area contributed by atoms with Gasteiger partial charge in [0.1, 0.15) is 0 Å². The van der Waals surface area contributed by atoms with E-state index >= 15 is 0 Å². The monoisotopic (exact) mass is 280 g/mol. The van der Waals surface area contributed by atoms with E-state index in [2.05, 4.69) is 0 Å². The van der Waals surface area contributed by atoms with E-state index in [-0.39, 0.29) is 17.5 Å². The lowest BCUT2D eigenvalue weighted by molar-refractivity contribution is -0.344. The number of esters is 2. The van der Waals surface area contributed by atoms with Crippen LogP contribution in [-0.4, -0.2) is 33.7 Å². The van der Waals surface area contributed by atoms with Crippen LogP contribution in [0.2, 0.25) is 0 Å². The number of ether oxygens (including phenoxy) is 2. The fraction of sp³-hybridized carbons (Fsp3) is 0.429. The lowest BCUT2D eigenvalue weighted by Gasteiger charge is -2.39. The summed E-state index contributed by atoms with van der Waals surface area (Å²) in [5.41, 5.74) is 0.411. The topological polar surface area (TPSA) is 93.1 Å². The Morgan fingerprint density at radius 2 is 1.45 bits per heavy atom. The third-order valence-electron chi connectivity index (χ3n) is 3.17. The summed E-state index contributed by atoms with van der Waals surface area (Å²) in [6.07, 6.45) is 0.386. The summed E-state index contributed by atoms with van der Waals surface area (Å²) in [4.78, 5) is 24.1. The largest absolute Gasteiger partial charge is 0.413 e. The zero-order valence-electron chi connectivity index (χ0n) is 11.3. The first-order valence-electron chi connectivity index (χ1n) is 6.30. The highest BCUT2D eigenvalue weighted by Crippen LogP contribution is 2.34. The van der Waals surface area contributed by atoms with E-state index < -0.39 is 23.5 Å². The number of hydrogen-bond acceptors (Lipinski definition) is 6. The van der Waals surface area contributed by atoms with E-state index in [1.807, 2.05) is 0 Å². The standard InChI is InChI=1S/C14H16O6/c1-3-8-14(13(2,17)18)19-11(15)9-4-5-10(7-6-9)12(16)20-14/h4-7,17-18H,3,8H2,1-2H3. The predicted octanol–water partition coefficient (Wildman–Crippen LogP) is 1.21. The molecule has 0 unspecified atom stereocenters. The van der Waals surface area contributed by atoms with Crippen molar-refractivity contribution in [2.75, 3.05) is 0 Å². The van der Waals surface area contributed by atoms with Crippen LogP contribution in [0.15, 0.2) is 24.3 Å². The van der Waals surface area contributed by atoms with Gasteiger partial charge in [-0.2, -0.15) is 0 Å². The molecule has 0 radical (unpaired) electrons. The highest BCUT2D eigenvalue weighted by Gasteiger charge is 2.54. The molecule has 0 aromatic heterocycles. The number of aliphatic hydroxyl groups is 2. The molecule has 3 rings (SSSR count). The fourth-order valence-corrected chi connectivity index (χ4v) is 2.04. The molecule has 0 atom stereocenters. The van der Waals surface area contributed by atoms with Crippen LogP contribution in [0.25, 0.3) is 0 Å². The molecule has 0 saturated heterocycles. The second-order valence-corrected chi connectivity index (χ2v) is 4.88. The van der Waals surface area contributed by atoms with E-state index in [1.165, 1.54) is 24.3 Å². The molecule has 0 fully saturated rings. The molecular weight excluding hydrogens is 264 g/mol. The average molecular weight is 280 g/mol. The molecule has 2 N–H and O–H groups in total. The maximum atomic E-state index is 12.0. The lowest BCUT2D eigenvalue weighted by Crippen LogP contribution is -2.57. The van der Waals surface area contributed by atoms with Crippen LogP contribution >= 0.6 is 0 Å². The molecule has 2 bridgehead atoms. The van der Waals surface area contributed by atoms with Crippen molar-refractivity contribution in [3.8, 4) is 0 Å². The van der Waals surface area contributed by atoms with Crippen LogP contribution in [0, 0.1) is 0 Å². The van der Waals surface area contributed by atoms with Gasteiger partial charge in [-0.25, -0.2) is 9.59 Å². The predicted molar refractivity (Wildman–Crippen MR) is 67.8 cm³/mol. The van der Waals surface area contributed by atoms with E-state index in [4.69, 9.17) is 9.47 Å². The summed E-state index contributed by atoms with van der Waals surface area (Å²) in [5.74, 6) is -6.22. The second-order valence-electron chi connectivity index (χ2n) is 4.88. The van der Waals surface area contributed by atoms with Crippen molar-refractivity contribution in [2.24, 2.45) is 0 Å². The summed E-state index contributed by atoms with van der Waals surface area (Å²) in [5, 5.41) is 19.8. The van der Waals surface area contributed by atoms with Gasteiger partial charge in [-0.3, -0.25) is 0 Å². The smallest absolute Gasteiger partial charge is 0.341 e. The molecule has 0 spiro atoms. The van der Waals surface area contributed by atoms with Gasteiger partial charge in [0.2, 0.25) is 5.79 Å². The highest BCUT2D eigenvalue weighted by molar-refractivity contribution is 5.94. The molecular formula is C14H16O6. The average Bonchev–Trinajstić information content (AvgIpc) is 2.44. The molecule has 0 saturated carbocycles. The number of carbonyl (C=O) groups is 2. The molecule has 108 valence electrons. The molecule has 20 heavy (non-hydrogen) atoms. The Kier molecular flexibility index (Phi) is 3.54. The van der Waals surface area contributed by atoms with Crippen molar-refractivity contribution < 1.29 is 29.3 Å². The van der Waals surface area contributed by atoms with Crippen molar-refractivity contribution in [3.05, 3.63) is 35.4 Å². The Bertz CT molecular complexity index is 489. The van der Waals surface area contributed by atoms with Crippen LogP contribution in [0.3, 0.4) is 0 Å². The zero-order valence-corrected chi connectivity index (χ0v) is 11.3. The van der Waals surface area contributed by atoms with Crippen molar-refractivity contribution in [1.29, 1.82) is 0 Å². The van der Waals surface area contributed by atoms with Gasteiger partial charge < -0.3 is 19.7 Å². The van der Waals surface area contributed by atoms with Gasteiger partial charge in [0, 0.05) is 6.42 Å². The van der Waals surface area contributed by atoms with Gasteiger partial charge in [-0.05, 0) is 37.6 Å². The highest BCUT2D eigenvalue weighted by atomic mass is 16.8. The van der Waals surface area contributed by atoms with Crippen LogP contribution in [0.1, 0.15) is 47.4 Å². The van der Waals surface area contributed by atoms with Gasteiger partial charge in [0.05, 0.1) is 11.1 Å². The summed E-state index contributed by atoms with van der Waals surface area (Å²) >= 11 is 0. The molecule has 2 heterocycles. The lowest BCUT2D eigenvalue weighted by atomic mass is 10.0. The molecule has 0 aliphatic carbocycles. The van der Waals surface area contributed by atoms with Crippen molar-refractivity contribution in [1.82, 2.24) is 0 Å². The number of rotatable bonds is 3. The maximum absolute atomic E-state index is 12.0. The summed E-state index contributed by atoms with van der Waals surface area (Å²) < 4.78 is 10.3. The Labute approximate surface area is 115 Å². The summed E-state index contributed by atoms with van der Waals surface area (Å²) in [6.45, 7) is 2.76. The van der Waals surface area contributed by atoms with Crippen LogP contribution in [-0.2, 0) is 9.47 Å².